The number of imidazole rings is 1. The molecule has 3 heteroatoms. The van der Waals surface area contributed by atoms with Crippen molar-refractivity contribution in [1.82, 2.24) is 9.97 Å². The van der Waals surface area contributed by atoms with Gasteiger partial charge in [0.25, 0.3) is 0 Å². The number of hydrogen-bond acceptors (Lipinski definition) is 1. The molecule has 6 heavy (non-hydrogen) atoms. The van der Waals surface area contributed by atoms with E-state index in [0.29, 0.717) is 0 Å². The molecule has 1 aromatic heterocycles. The quantitative estimate of drug-likeness (QED) is 0.506. The van der Waals surface area contributed by atoms with Crippen molar-refractivity contribution in [3.05, 3.63) is 18.7 Å². The van der Waals surface area contributed by atoms with Crippen molar-refractivity contribution in [2.75, 3.05) is 0 Å². The van der Waals surface area contributed by atoms with Gasteiger partial charge >= 0.3 is 45.5 Å². The van der Waals surface area contributed by atoms with Crippen molar-refractivity contribution in [3.63, 3.8) is 0 Å². The molecule has 0 aliphatic carbocycles. The van der Waals surface area contributed by atoms with E-state index in [1.807, 2.05) is 0 Å². The van der Waals surface area contributed by atoms with Gasteiger partial charge in [0.15, 0.2) is 0 Å². The van der Waals surface area contributed by atoms with Crippen LogP contribution in [0.25, 0.3) is 0 Å². The minimum absolute atomic E-state index is 0. The number of H-pyrrole nitrogens is 1. The fraction of sp³-hybridized carbons (Fsp3) is 0. The summed E-state index contributed by atoms with van der Waals surface area (Å²) >= 11 is 0. The van der Waals surface area contributed by atoms with E-state index in [1.165, 1.54) is 0 Å². The van der Waals surface area contributed by atoms with Crippen LogP contribution >= 0.6 is 0 Å². The van der Waals surface area contributed by atoms with Crippen molar-refractivity contribution < 1.29 is 0 Å². The van der Waals surface area contributed by atoms with Gasteiger partial charge in [0.2, 0.25) is 0 Å². The van der Waals surface area contributed by atoms with Crippen LogP contribution in [-0.4, -0.2) is 55.4 Å². The summed E-state index contributed by atoms with van der Waals surface area (Å²) in [6.45, 7) is 0. The molecule has 0 aliphatic heterocycles. The molecule has 30 valence electrons. The third-order valence-corrected chi connectivity index (χ3v) is 0.406. The molecular weight excluding hydrogens is 152 g/mol. The Bertz CT molecular complexity index is 65.3. The molecule has 1 N–H and O–H groups in total. The molecule has 0 unspecified atom stereocenters. The summed E-state index contributed by atoms with van der Waals surface area (Å²) in [5.74, 6) is 0. The molecule has 0 saturated heterocycles. The summed E-state index contributed by atoms with van der Waals surface area (Å²) in [6, 6.07) is 0. The van der Waals surface area contributed by atoms with Gasteiger partial charge in [-0.05, 0) is 0 Å². The van der Waals surface area contributed by atoms with Gasteiger partial charge in [-0.15, -0.1) is 0 Å². The summed E-state index contributed by atoms with van der Waals surface area (Å²) in [7, 11) is 0. The number of nitrogens with one attached hydrogen (secondary N) is 1. The van der Waals surface area contributed by atoms with Gasteiger partial charge in [-0.3, -0.25) is 0 Å². The summed E-state index contributed by atoms with van der Waals surface area (Å²) < 4.78 is 0. The largest absolute Gasteiger partial charge is 0.351 e. The molecule has 1 aromatic rings. The Morgan fingerprint density at radius 3 is 2.50 bits per heavy atom. The zero-order valence-electron chi connectivity index (χ0n) is 2.68. The number of aromatic amines is 1. The van der Waals surface area contributed by atoms with E-state index >= 15 is 0 Å². The van der Waals surface area contributed by atoms with Crippen molar-refractivity contribution >= 4 is 45.5 Å². The Balaban J connectivity index is 0.000000250. The van der Waals surface area contributed by atoms with Crippen molar-refractivity contribution in [1.29, 1.82) is 0 Å². The van der Waals surface area contributed by atoms with E-state index < -0.39 is 0 Å². The van der Waals surface area contributed by atoms with Crippen LogP contribution in [0, 0.1) is 0 Å². The van der Waals surface area contributed by atoms with Crippen LogP contribution < -0.4 is 0 Å². The molecule has 0 radical (unpaired) electrons. The van der Waals surface area contributed by atoms with Gasteiger partial charge in [-0.1, -0.05) is 0 Å². The van der Waals surface area contributed by atoms with Gasteiger partial charge in [-0.25, -0.2) is 4.98 Å². The third-order valence-electron chi connectivity index (χ3n) is 0.406. The molecule has 1 heterocycles. The van der Waals surface area contributed by atoms with E-state index in [0.717, 1.165) is 0 Å². The molecule has 0 aromatic carbocycles. The zero-order valence-corrected chi connectivity index (χ0v) is 2.68. The molecule has 0 spiro atoms. The first-order chi connectivity index (χ1) is 2.50. The van der Waals surface area contributed by atoms with Crippen LogP contribution in [0.5, 0.6) is 0 Å². The average Bonchev–Trinajstić information content (AvgIpc) is 1.76. The summed E-state index contributed by atoms with van der Waals surface area (Å²) in [6.07, 6.45) is 5.08. The minimum atomic E-state index is 0. The molecule has 1 rings (SSSR count). The number of rotatable bonds is 0. The van der Waals surface area contributed by atoms with Crippen LogP contribution in [-0.2, 0) is 0 Å². The van der Waals surface area contributed by atoms with Crippen LogP contribution in [0.15, 0.2) is 18.7 Å². The molecule has 0 saturated carbocycles. The maximum atomic E-state index is 3.67. The first kappa shape index (κ1) is 6.69. The predicted molar refractivity (Wildman–Crippen MR) is 27.1 cm³/mol. The molecule has 0 aliphatic rings. The van der Waals surface area contributed by atoms with Crippen LogP contribution in [0.3, 0.4) is 0 Å². The Hall–Kier alpha value is 0.691. The second-order valence-electron chi connectivity index (χ2n) is 0.761. The zero-order chi connectivity index (χ0) is 3.54. The maximum absolute atomic E-state index is 3.67. The van der Waals surface area contributed by atoms with E-state index in [-0.39, 0.29) is 45.5 Å². The van der Waals surface area contributed by atoms with Gasteiger partial charge in [0.1, 0.15) is 0 Å². The normalized spacial score (nSPS) is 6.67. The summed E-state index contributed by atoms with van der Waals surface area (Å²) in [5.41, 5.74) is 0. The predicted octanol–water partition coefficient (Wildman–Crippen LogP) is -0.507. The summed E-state index contributed by atoms with van der Waals surface area (Å²) in [4.78, 5) is 6.42. The average molecular weight is 158 g/mol. The Morgan fingerprint density at radius 1 is 1.50 bits per heavy atom. The smallest absolute Gasteiger partial charge is 0.0919 e. The van der Waals surface area contributed by atoms with Gasteiger partial charge in [0, 0.05) is 12.4 Å². The van der Waals surface area contributed by atoms with E-state index in [4.69, 9.17) is 0 Å². The van der Waals surface area contributed by atoms with Crippen molar-refractivity contribution in [2.24, 2.45) is 0 Å². The monoisotopic (exact) mass is 158 g/mol. The molecule has 2 nitrogen and oxygen atoms in total. The van der Waals surface area contributed by atoms with Crippen LogP contribution in [0.2, 0.25) is 0 Å². The topological polar surface area (TPSA) is 28.7 Å². The maximum Gasteiger partial charge on any atom is 0.0919 e. The fourth-order valence-electron chi connectivity index (χ4n) is 0.215. The number of hydrogen-bond donors (Lipinski definition) is 1. The first-order valence-electron chi connectivity index (χ1n) is 1.43. The second-order valence-corrected chi connectivity index (χ2v) is 0.761. The van der Waals surface area contributed by atoms with Crippen LogP contribution in [0.1, 0.15) is 0 Å². The van der Waals surface area contributed by atoms with Gasteiger partial charge < -0.3 is 4.98 Å². The van der Waals surface area contributed by atoms with Crippen molar-refractivity contribution in [2.45, 2.75) is 0 Å². The van der Waals surface area contributed by atoms with Crippen molar-refractivity contribution in [3.8, 4) is 0 Å². The fourth-order valence-corrected chi connectivity index (χ4v) is 0.215. The molecule has 0 fully saturated rings. The third kappa shape index (κ3) is 1.97. The SMILES string of the molecule is [SrH2].c1c[nH]cn1. The van der Waals surface area contributed by atoms with Gasteiger partial charge in [0.05, 0.1) is 6.33 Å². The Kier molecular flexibility index (Phi) is 4.31. The second kappa shape index (κ2) is 3.87. The summed E-state index contributed by atoms with van der Waals surface area (Å²) in [5, 5.41) is 0. The number of nitrogens with zero attached hydrogens (tertiary/aromatic N) is 1. The first-order valence-corrected chi connectivity index (χ1v) is 1.43. The van der Waals surface area contributed by atoms with E-state index in [9.17, 15) is 0 Å². The molecule has 0 atom stereocenters. The standard InChI is InChI=1S/C3H4N2.Sr.2H/c1-2-5-3-4-1;;;/h1-3H,(H,4,5);;;. The van der Waals surface area contributed by atoms with E-state index in [1.54, 1.807) is 18.7 Å². The molecular formula is C3H6N2Sr. The number of aromatic nitrogens is 2. The van der Waals surface area contributed by atoms with Crippen LogP contribution in [0.4, 0.5) is 0 Å². The molecule has 0 amide bonds. The van der Waals surface area contributed by atoms with Gasteiger partial charge in [-0.2, -0.15) is 0 Å². The Labute approximate surface area is 73.2 Å². The minimum Gasteiger partial charge on any atom is -0.351 e. The Morgan fingerprint density at radius 2 is 2.33 bits per heavy atom. The molecule has 0 bridgehead atoms. The van der Waals surface area contributed by atoms with E-state index in [2.05, 4.69) is 9.97 Å².